The van der Waals surface area contributed by atoms with Crippen molar-refractivity contribution >= 4 is 27.3 Å². The zero-order valence-corrected chi connectivity index (χ0v) is 15.5. The van der Waals surface area contributed by atoms with Crippen molar-refractivity contribution in [2.45, 2.75) is 50.2 Å². The van der Waals surface area contributed by atoms with Gasteiger partial charge in [0, 0.05) is 24.5 Å². The standard InChI is InChI=1S/C16H26N2O3S2/c1-13(2)6-5-9-17-15(19)12-14-7-8-16(22-14)23(20,21)18-10-3-4-11-18/h7-8,13H,3-6,9-12H2,1-2H3,(H,17,19). The van der Waals surface area contributed by atoms with Crippen LogP contribution in [-0.4, -0.2) is 38.3 Å². The van der Waals surface area contributed by atoms with Gasteiger partial charge in [-0.15, -0.1) is 11.3 Å². The summed E-state index contributed by atoms with van der Waals surface area (Å²) in [5.41, 5.74) is 0. The Kier molecular flexibility index (Phi) is 6.61. The van der Waals surface area contributed by atoms with E-state index in [-0.39, 0.29) is 12.3 Å². The van der Waals surface area contributed by atoms with Gasteiger partial charge in [0.15, 0.2) is 0 Å². The van der Waals surface area contributed by atoms with Crippen molar-refractivity contribution in [1.82, 2.24) is 9.62 Å². The van der Waals surface area contributed by atoms with Gasteiger partial charge in [0.2, 0.25) is 5.91 Å². The Labute approximate surface area is 143 Å². The van der Waals surface area contributed by atoms with Crippen molar-refractivity contribution in [1.29, 1.82) is 0 Å². The molecule has 0 radical (unpaired) electrons. The fourth-order valence-electron chi connectivity index (χ4n) is 2.61. The molecule has 1 N–H and O–H groups in total. The van der Waals surface area contributed by atoms with Gasteiger partial charge in [0.05, 0.1) is 6.42 Å². The van der Waals surface area contributed by atoms with Gasteiger partial charge in [0.25, 0.3) is 10.0 Å². The fourth-order valence-corrected chi connectivity index (χ4v) is 5.63. The van der Waals surface area contributed by atoms with Crippen molar-refractivity contribution in [3.8, 4) is 0 Å². The van der Waals surface area contributed by atoms with E-state index in [0.29, 0.717) is 29.8 Å². The molecular weight excluding hydrogens is 332 g/mol. The number of nitrogens with zero attached hydrogens (tertiary/aromatic N) is 1. The van der Waals surface area contributed by atoms with E-state index in [1.54, 1.807) is 12.1 Å². The second-order valence-corrected chi connectivity index (χ2v) is 9.73. The zero-order valence-electron chi connectivity index (χ0n) is 13.9. The van der Waals surface area contributed by atoms with E-state index >= 15 is 0 Å². The van der Waals surface area contributed by atoms with E-state index in [4.69, 9.17) is 0 Å². The van der Waals surface area contributed by atoms with Crippen LogP contribution in [0.2, 0.25) is 0 Å². The molecule has 1 saturated heterocycles. The van der Waals surface area contributed by atoms with Gasteiger partial charge < -0.3 is 5.32 Å². The van der Waals surface area contributed by atoms with Crippen LogP contribution in [0.5, 0.6) is 0 Å². The summed E-state index contributed by atoms with van der Waals surface area (Å²) in [5, 5.41) is 2.90. The number of sulfonamides is 1. The normalized spacial score (nSPS) is 16.1. The second-order valence-electron chi connectivity index (χ2n) is 6.39. The number of hydrogen-bond donors (Lipinski definition) is 1. The lowest BCUT2D eigenvalue weighted by molar-refractivity contribution is -0.120. The molecule has 0 atom stereocenters. The van der Waals surface area contributed by atoms with E-state index in [0.717, 1.165) is 30.6 Å². The molecule has 1 amide bonds. The van der Waals surface area contributed by atoms with Crippen LogP contribution in [-0.2, 0) is 21.2 Å². The molecule has 0 aromatic carbocycles. The first-order valence-corrected chi connectivity index (χ1v) is 10.5. The van der Waals surface area contributed by atoms with Crippen molar-refractivity contribution in [3.63, 3.8) is 0 Å². The smallest absolute Gasteiger partial charge is 0.252 e. The third-order valence-corrected chi connectivity index (χ3v) is 7.36. The molecule has 5 nitrogen and oxygen atoms in total. The van der Waals surface area contributed by atoms with Crippen LogP contribution in [0.3, 0.4) is 0 Å². The minimum atomic E-state index is -3.36. The highest BCUT2D eigenvalue weighted by Crippen LogP contribution is 2.27. The number of amides is 1. The Bertz CT molecular complexity index is 617. The highest BCUT2D eigenvalue weighted by molar-refractivity contribution is 7.91. The first-order valence-electron chi connectivity index (χ1n) is 8.25. The lowest BCUT2D eigenvalue weighted by Crippen LogP contribution is -2.27. The summed E-state index contributed by atoms with van der Waals surface area (Å²) in [7, 11) is -3.36. The van der Waals surface area contributed by atoms with Crippen LogP contribution >= 0.6 is 11.3 Å². The molecule has 0 aliphatic carbocycles. The number of carbonyl (C=O) groups is 1. The Morgan fingerprint density at radius 2 is 2.00 bits per heavy atom. The molecule has 23 heavy (non-hydrogen) atoms. The molecule has 1 aliphatic heterocycles. The maximum absolute atomic E-state index is 12.4. The van der Waals surface area contributed by atoms with Crippen LogP contribution in [0.15, 0.2) is 16.3 Å². The van der Waals surface area contributed by atoms with Gasteiger partial charge in [-0.1, -0.05) is 13.8 Å². The molecule has 130 valence electrons. The van der Waals surface area contributed by atoms with Crippen LogP contribution in [0.4, 0.5) is 0 Å². The molecule has 2 rings (SSSR count). The lowest BCUT2D eigenvalue weighted by Gasteiger charge is -2.13. The number of thiophene rings is 1. The predicted molar refractivity (Wildman–Crippen MR) is 93.1 cm³/mol. The van der Waals surface area contributed by atoms with E-state index in [1.165, 1.54) is 15.6 Å². The summed E-state index contributed by atoms with van der Waals surface area (Å²) in [6, 6.07) is 3.38. The molecule has 0 unspecified atom stereocenters. The van der Waals surface area contributed by atoms with Gasteiger partial charge in [-0.05, 0) is 43.7 Å². The monoisotopic (exact) mass is 358 g/mol. The van der Waals surface area contributed by atoms with Crippen LogP contribution in [0, 0.1) is 5.92 Å². The maximum Gasteiger partial charge on any atom is 0.252 e. The first-order chi connectivity index (χ1) is 10.9. The Morgan fingerprint density at radius 1 is 1.30 bits per heavy atom. The highest BCUT2D eigenvalue weighted by Gasteiger charge is 2.28. The number of hydrogen-bond acceptors (Lipinski definition) is 4. The topological polar surface area (TPSA) is 66.5 Å². The molecule has 7 heteroatoms. The van der Waals surface area contributed by atoms with Gasteiger partial charge in [-0.3, -0.25) is 4.79 Å². The Hall–Kier alpha value is -0.920. The fraction of sp³-hybridized carbons (Fsp3) is 0.688. The first kappa shape index (κ1) is 18.4. The average molecular weight is 359 g/mol. The van der Waals surface area contributed by atoms with Crippen molar-refractivity contribution in [2.24, 2.45) is 5.92 Å². The Balaban J connectivity index is 1.85. The van der Waals surface area contributed by atoms with Gasteiger partial charge in [-0.2, -0.15) is 4.31 Å². The molecular formula is C16H26N2O3S2. The van der Waals surface area contributed by atoms with E-state index in [9.17, 15) is 13.2 Å². The SMILES string of the molecule is CC(C)CCCNC(=O)Cc1ccc(S(=O)(=O)N2CCCC2)s1. The third-order valence-electron chi connectivity index (χ3n) is 3.91. The number of rotatable bonds is 8. The minimum Gasteiger partial charge on any atom is -0.356 e. The van der Waals surface area contributed by atoms with Gasteiger partial charge in [0.1, 0.15) is 4.21 Å². The summed E-state index contributed by atoms with van der Waals surface area (Å²) < 4.78 is 26.8. The largest absolute Gasteiger partial charge is 0.356 e. The van der Waals surface area contributed by atoms with Crippen LogP contribution in [0.25, 0.3) is 0 Å². The molecule has 1 aromatic heterocycles. The predicted octanol–water partition coefficient (Wildman–Crippen LogP) is 2.63. The molecule has 0 spiro atoms. The van der Waals surface area contributed by atoms with Crippen LogP contribution < -0.4 is 5.32 Å². The lowest BCUT2D eigenvalue weighted by atomic mass is 10.1. The van der Waals surface area contributed by atoms with Crippen molar-refractivity contribution in [3.05, 3.63) is 17.0 Å². The minimum absolute atomic E-state index is 0.0410. The number of nitrogens with one attached hydrogen (secondary N) is 1. The third kappa shape index (κ3) is 5.29. The average Bonchev–Trinajstić information content (AvgIpc) is 3.15. The van der Waals surface area contributed by atoms with Gasteiger partial charge >= 0.3 is 0 Å². The summed E-state index contributed by atoms with van der Waals surface area (Å²) in [4.78, 5) is 12.7. The summed E-state index contributed by atoms with van der Waals surface area (Å²) in [5.74, 6) is 0.600. The molecule has 1 aliphatic rings. The number of carbonyl (C=O) groups excluding carboxylic acids is 1. The van der Waals surface area contributed by atoms with Crippen LogP contribution in [0.1, 0.15) is 44.4 Å². The maximum atomic E-state index is 12.4. The molecule has 0 saturated carbocycles. The van der Waals surface area contributed by atoms with E-state index in [2.05, 4.69) is 19.2 Å². The van der Waals surface area contributed by atoms with Crippen molar-refractivity contribution in [2.75, 3.05) is 19.6 Å². The molecule has 1 aromatic rings. The zero-order chi connectivity index (χ0) is 16.9. The van der Waals surface area contributed by atoms with E-state index in [1.807, 2.05) is 0 Å². The van der Waals surface area contributed by atoms with Gasteiger partial charge in [-0.25, -0.2) is 8.42 Å². The molecule has 2 heterocycles. The second kappa shape index (κ2) is 8.26. The summed E-state index contributed by atoms with van der Waals surface area (Å²) in [6.07, 6.45) is 4.17. The summed E-state index contributed by atoms with van der Waals surface area (Å²) in [6.45, 7) is 6.21. The summed E-state index contributed by atoms with van der Waals surface area (Å²) >= 11 is 1.21. The molecule has 1 fully saturated rings. The van der Waals surface area contributed by atoms with E-state index < -0.39 is 10.0 Å². The van der Waals surface area contributed by atoms with Crippen molar-refractivity contribution < 1.29 is 13.2 Å². The quantitative estimate of drug-likeness (QED) is 0.727. The highest BCUT2D eigenvalue weighted by atomic mass is 32.2. The Morgan fingerprint density at radius 3 is 2.65 bits per heavy atom. The molecule has 0 bridgehead atoms.